The quantitative estimate of drug-likeness (QED) is 0.580. The molecule has 7 nitrogen and oxygen atoms in total. The maximum atomic E-state index is 12.9. The summed E-state index contributed by atoms with van der Waals surface area (Å²) < 4.78 is 7.18. The van der Waals surface area contributed by atoms with Crippen molar-refractivity contribution in [1.82, 2.24) is 14.8 Å². The van der Waals surface area contributed by atoms with E-state index in [0.29, 0.717) is 23.7 Å². The van der Waals surface area contributed by atoms with E-state index in [9.17, 15) is 14.4 Å². The lowest BCUT2D eigenvalue weighted by molar-refractivity contribution is -0.130. The monoisotopic (exact) mass is 415 g/mol. The smallest absolute Gasteiger partial charge is 0.331 e. The number of amides is 4. The molecule has 1 aromatic carbocycles. The SMILES string of the molecule is COCCn1c(C)cc(/C=C2/C(=O)NC(=O)N(Cc3ccccc3Cl)C2=O)c1C. The first-order valence-corrected chi connectivity index (χ1v) is 9.49. The Hall–Kier alpha value is -2.90. The molecular weight excluding hydrogens is 394 g/mol. The summed E-state index contributed by atoms with van der Waals surface area (Å²) in [6, 6.07) is 8.07. The molecule has 4 amide bonds. The van der Waals surface area contributed by atoms with Gasteiger partial charge in [-0.25, -0.2) is 4.79 Å². The summed E-state index contributed by atoms with van der Waals surface area (Å²) in [6.45, 7) is 5.04. The van der Waals surface area contributed by atoms with Crippen molar-refractivity contribution in [3.8, 4) is 0 Å². The van der Waals surface area contributed by atoms with Crippen molar-refractivity contribution in [2.45, 2.75) is 26.9 Å². The van der Waals surface area contributed by atoms with Crippen LogP contribution in [0.1, 0.15) is 22.5 Å². The summed E-state index contributed by atoms with van der Waals surface area (Å²) in [7, 11) is 1.63. The molecule has 0 saturated carbocycles. The number of carbonyl (C=O) groups is 3. The molecule has 1 fully saturated rings. The summed E-state index contributed by atoms with van der Waals surface area (Å²) in [5.41, 5.74) is 3.15. The second-order valence-electron chi connectivity index (χ2n) is 6.77. The largest absolute Gasteiger partial charge is 0.383 e. The van der Waals surface area contributed by atoms with Gasteiger partial charge in [-0.05, 0) is 43.2 Å². The van der Waals surface area contributed by atoms with Crippen LogP contribution in [0.15, 0.2) is 35.9 Å². The molecule has 1 saturated heterocycles. The predicted octanol–water partition coefficient (Wildman–Crippen LogP) is 3.07. The van der Waals surface area contributed by atoms with Crippen LogP contribution in [0.5, 0.6) is 0 Å². The first kappa shape index (κ1) is 20.8. The molecule has 1 aromatic heterocycles. The van der Waals surface area contributed by atoms with Gasteiger partial charge in [-0.2, -0.15) is 0 Å². The molecule has 3 rings (SSSR count). The number of halogens is 1. The van der Waals surface area contributed by atoms with E-state index in [0.717, 1.165) is 21.9 Å². The molecule has 1 N–H and O–H groups in total. The second-order valence-corrected chi connectivity index (χ2v) is 7.18. The number of aryl methyl sites for hydroxylation is 1. The summed E-state index contributed by atoms with van der Waals surface area (Å²) >= 11 is 6.15. The van der Waals surface area contributed by atoms with Crippen LogP contribution in [-0.2, 0) is 27.4 Å². The highest BCUT2D eigenvalue weighted by Crippen LogP contribution is 2.23. The van der Waals surface area contributed by atoms with E-state index >= 15 is 0 Å². The van der Waals surface area contributed by atoms with Crippen LogP contribution in [0.4, 0.5) is 4.79 Å². The zero-order chi connectivity index (χ0) is 21.1. The number of rotatable bonds is 6. The average molecular weight is 416 g/mol. The van der Waals surface area contributed by atoms with Crippen LogP contribution in [0.2, 0.25) is 5.02 Å². The number of ether oxygens (including phenoxy) is 1. The van der Waals surface area contributed by atoms with Crippen molar-refractivity contribution in [2.24, 2.45) is 0 Å². The van der Waals surface area contributed by atoms with Gasteiger partial charge >= 0.3 is 6.03 Å². The number of nitrogens with one attached hydrogen (secondary N) is 1. The molecule has 152 valence electrons. The normalized spacial score (nSPS) is 15.9. The molecule has 0 aliphatic carbocycles. The molecule has 0 radical (unpaired) electrons. The Labute approximate surface area is 173 Å². The van der Waals surface area contributed by atoms with Crippen LogP contribution < -0.4 is 5.32 Å². The number of urea groups is 1. The predicted molar refractivity (Wildman–Crippen MR) is 109 cm³/mol. The Bertz CT molecular complexity index is 1010. The van der Waals surface area contributed by atoms with Crippen molar-refractivity contribution in [3.05, 3.63) is 63.4 Å². The molecule has 0 bridgehead atoms. The molecule has 2 heterocycles. The van der Waals surface area contributed by atoms with E-state index in [1.54, 1.807) is 31.4 Å². The third-order valence-corrected chi connectivity index (χ3v) is 5.27. The highest BCUT2D eigenvalue weighted by atomic mass is 35.5. The minimum atomic E-state index is -0.761. The summed E-state index contributed by atoms with van der Waals surface area (Å²) in [4.78, 5) is 38.5. The Morgan fingerprint density at radius 2 is 1.90 bits per heavy atom. The molecule has 1 aliphatic heterocycles. The van der Waals surface area contributed by atoms with Crippen molar-refractivity contribution in [3.63, 3.8) is 0 Å². The number of imide groups is 2. The fraction of sp³-hybridized carbons (Fsp3) is 0.286. The number of nitrogens with zero attached hydrogens (tertiary/aromatic N) is 2. The number of benzene rings is 1. The lowest BCUT2D eigenvalue weighted by Crippen LogP contribution is -2.53. The van der Waals surface area contributed by atoms with Gasteiger partial charge in [-0.1, -0.05) is 29.8 Å². The van der Waals surface area contributed by atoms with Crippen molar-refractivity contribution in [1.29, 1.82) is 0 Å². The Balaban J connectivity index is 1.93. The number of aromatic nitrogens is 1. The van der Waals surface area contributed by atoms with Crippen LogP contribution in [0.25, 0.3) is 6.08 Å². The highest BCUT2D eigenvalue weighted by molar-refractivity contribution is 6.32. The fourth-order valence-electron chi connectivity index (χ4n) is 3.29. The van der Waals surface area contributed by atoms with Gasteiger partial charge in [0.15, 0.2) is 0 Å². The Morgan fingerprint density at radius 3 is 2.59 bits per heavy atom. The molecule has 8 heteroatoms. The molecule has 2 aromatic rings. The van der Waals surface area contributed by atoms with E-state index in [1.165, 1.54) is 6.08 Å². The maximum absolute atomic E-state index is 12.9. The van der Waals surface area contributed by atoms with E-state index < -0.39 is 17.8 Å². The minimum absolute atomic E-state index is 0.0260. The second kappa shape index (κ2) is 8.63. The number of hydrogen-bond donors (Lipinski definition) is 1. The summed E-state index contributed by atoms with van der Waals surface area (Å²) in [6.07, 6.45) is 1.52. The van der Waals surface area contributed by atoms with Crippen molar-refractivity contribution < 1.29 is 19.1 Å². The summed E-state index contributed by atoms with van der Waals surface area (Å²) in [5.74, 6) is -1.36. The Morgan fingerprint density at radius 1 is 1.17 bits per heavy atom. The molecule has 0 unspecified atom stereocenters. The number of hydrogen-bond acceptors (Lipinski definition) is 4. The zero-order valence-corrected chi connectivity index (χ0v) is 17.2. The number of carbonyl (C=O) groups excluding carboxylic acids is 3. The van der Waals surface area contributed by atoms with Gasteiger partial charge in [0.2, 0.25) is 0 Å². The third-order valence-electron chi connectivity index (χ3n) is 4.90. The van der Waals surface area contributed by atoms with Gasteiger partial charge in [0.1, 0.15) is 5.57 Å². The molecule has 0 spiro atoms. The first-order chi connectivity index (χ1) is 13.8. The van der Waals surface area contributed by atoms with Crippen LogP contribution in [-0.4, -0.2) is 41.0 Å². The van der Waals surface area contributed by atoms with E-state index in [1.807, 2.05) is 24.5 Å². The van der Waals surface area contributed by atoms with Crippen molar-refractivity contribution >= 4 is 35.5 Å². The van der Waals surface area contributed by atoms with Gasteiger partial charge in [0, 0.05) is 30.1 Å². The zero-order valence-electron chi connectivity index (χ0n) is 16.5. The third kappa shape index (κ3) is 4.26. The van der Waals surface area contributed by atoms with Gasteiger partial charge in [-0.3, -0.25) is 19.8 Å². The van der Waals surface area contributed by atoms with Gasteiger partial charge < -0.3 is 9.30 Å². The lowest BCUT2D eigenvalue weighted by atomic mass is 10.1. The average Bonchev–Trinajstić information content (AvgIpc) is 2.94. The molecule has 1 aliphatic rings. The molecular formula is C21H22ClN3O4. The van der Waals surface area contributed by atoms with Gasteiger partial charge in [-0.15, -0.1) is 0 Å². The standard InChI is InChI=1S/C21H22ClN3O4/c1-13-10-16(14(2)24(13)8-9-29-3)11-17-19(26)23-21(28)25(20(17)27)12-15-6-4-5-7-18(15)22/h4-7,10-11H,8-9,12H2,1-3H3,(H,23,26,28)/b17-11-. The van der Waals surface area contributed by atoms with Crippen LogP contribution in [0, 0.1) is 13.8 Å². The lowest BCUT2D eigenvalue weighted by Gasteiger charge is -2.26. The van der Waals surface area contributed by atoms with E-state index in [4.69, 9.17) is 16.3 Å². The van der Waals surface area contributed by atoms with Crippen LogP contribution in [0.3, 0.4) is 0 Å². The Kier molecular flexibility index (Phi) is 6.20. The summed E-state index contributed by atoms with van der Waals surface area (Å²) in [5, 5.41) is 2.68. The topological polar surface area (TPSA) is 80.6 Å². The van der Waals surface area contributed by atoms with E-state index in [-0.39, 0.29) is 12.1 Å². The number of methoxy groups -OCH3 is 1. The minimum Gasteiger partial charge on any atom is -0.383 e. The van der Waals surface area contributed by atoms with Gasteiger partial charge in [0.05, 0.1) is 13.2 Å². The van der Waals surface area contributed by atoms with Gasteiger partial charge in [0.25, 0.3) is 11.8 Å². The molecule has 0 atom stereocenters. The van der Waals surface area contributed by atoms with E-state index in [2.05, 4.69) is 5.32 Å². The first-order valence-electron chi connectivity index (χ1n) is 9.11. The molecule has 29 heavy (non-hydrogen) atoms. The van der Waals surface area contributed by atoms with Crippen LogP contribution >= 0.6 is 11.6 Å². The highest BCUT2D eigenvalue weighted by Gasteiger charge is 2.36. The fourth-order valence-corrected chi connectivity index (χ4v) is 3.49. The number of barbiturate groups is 1. The van der Waals surface area contributed by atoms with Crippen molar-refractivity contribution in [2.75, 3.05) is 13.7 Å². The maximum Gasteiger partial charge on any atom is 0.331 e.